The van der Waals surface area contributed by atoms with Crippen LogP contribution >= 0.6 is 0 Å². The van der Waals surface area contributed by atoms with E-state index < -0.39 is 20.5 Å². The number of fused-ring (bicyclic) bond motifs is 1. The van der Waals surface area contributed by atoms with Gasteiger partial charge in [0.15, 0.2) is 6.29 Å². The minimum Gasteiger partial charge on any atom is -0.368 e. The van der Waals surface area contributed by atoms with Gasteiger partial charge in [-0.25, -0.2) is 0 Å². The van der Waals surface area contributed by atoms with Gasteiger partial charge in [0.25, 0.3) is 0 Å². The molecule has 6 nitrogen and oxygen atoms in total. The monoisotopic (exact) mass is 472 g/mol. The third kappa shape index (κ3) is 7.20. The Labute approximate surface area is 198 Å². The lowest BCUT2D eigenvalue weighted by Gasteiger charge is -2.47. The van der Waals surface area contributed by atoms with Crippen molar-refractivity contribution in [1.29, 1.82) is 0 Å². The Morgan fingerprint density at radius 3 is 2.03 bits per heavy atom. The van der Waals surface area contributed by atoms with Gasteiger partial charge in [0, 0.05) is 14.7 Å². The lowest BCUT2D eigenvalue weighted by molar-refractivity contribution is -0.352. The van der Waals surface area contributed by atoms with Gasteiger partial charge in [-0.15, -0.1) is 0 Å². The summed E-state index contributed by atoms with van der Waals surface area (Å²) in [7, 11) is -1.25. The predicted molar refractivity (Wildman–Crippen MR) is 128 cm³/mol. The summed E-state index contributed by atoms with van der Waals surface area (Å²) in [5, 5.41) is 0. The van der Waals surface area contributed by atoms with Crippen LogP contribution in [0.25, 0.3) is 0 Å². The topological polar surface area (TPSA) is 55.4 Å². The Kier molecular flexibility index (Phi) is 8.71. The van der Waals surface area contributed by atoms with Crippen LogP contribution in [-0.4, -0.2) is 58.8 Å². The molecule has 2 aromatic rings. The first kappa shape index (κ1) is 24.5. The smallest absolute Gasteiger partial charge is 0.186 e. The molecule has 0 aromatic heterocycles. The first-order valence-electron chi connectivity index (χ1n) is 11.8. The van der Waals surface area contributed by atoms with Crippen LogP contribution in [-0.2, 0) is 41.6 Å². The van der Waals surface area contributed by atoms with E-state index in [4.69, 9.17) is 28.4 Å². The standard InChI is InChI=1S/C26H36O6Si/c1-33(2,3)15-14-28-26-25(30-17-21-12-8-5-9-13-21)24(23-22(32-26)18-27-19-31-23)29-16-20-10-6-4-7-11-20/h4-13,22-26H,14-19H2,1-3H3/t22-,23-,24+,25-,26-/m1/s1. The van der Waals surface area contributed by atoms with Gasteiger partial charge in [-0.05, 0) is 17.2 Å². The fourth-order valence-corrected chi connectivity index (χ4v) is 4.75. The van der Waals surface area contributed by atoms with Gasteiger partial charge >= 0.3 is 0 Å². The first-order valence-corrected chi connectivity index (χ1v) is 15.5. The molecule has 0 unspecified atom stereocenters. The molecule has 2 saturated heterocycles. The molecule has 2 aromatic carbocycles. The minimum atomic E-state index is -1.25. The van der Waals surface area contributed by atoms with Gasteiger partial charge in [-0.3, -0.25) is 0 Å². The highest BCUT2D eigenvalue weighted by Crippen LogP contribution is 2.32. The van der Waals surface area contributed by atoms with Crippen LogP contribution in [0.3, 0.4) is 0 Å². The first-order chi connectivity index (χ1) is 16.0. The van der Waals surface area contributed by atoms with E-state index in [1.165, 1.54) is 0 Å². The Morgan fingerprint density at radius 1 is 0.818 bits per heavy atom. The quantitative estimate of drug-likeness (QED) is 0.471. The second-order valence-corrected chi connectivity index (χ2v) is 15.5. The van der Waals surface area contributed by atoms with E-state index in [0.29, 0.717) is 26.4 Å². The van der Waals surface area contributed by atoms with Gasteiger partial charge in [-0.1, -0.05) is 80.3 Å². The summed E-state index contributed by atoms with van der Waals surface area (Å²) in [6.45, 7) is 9.24. The van der Waals surface area contributed by atoms with Crippen molar-refractivity contribution >= 4 is 8.07 Å². The molecular weight excluding hydrogens is 436 g/mol. The maximum absolute atomic E-state index is 6.46. The van der Waals surface area contributed by atoms with Crippen LogP contribution in [0.1, 0.15) is 11.1 Å². The number of ether oxygens (including phenoxy) is 6. The molecule has 0 bridgehead atoms. The molecule has 2 fully saturated rings. The highest BCUT2D eigenvalue weighted by atomic mass is 28.3. The van der Waals surface area contributed by atoms with E-state index in [0.717, 1.165) is 17.2 Å². The van der Waals surface area contributed by atoms with Crippen molar-refractivity contribution in [2.75, 3.05) is 20.0 Å². The van der Waals surface area contributed by atoms with Crippen molar-refractivity contribution < 1.29 is 28.4 Å². The highest BCUT2D eigenvalue weighted by molar-refractivity contribution is 6.76. The fourth-order valence-electron chi connectivity index (χ4n) is 4.02. The summed E-state index contributed by atoms with van der Waals surface area (Å²) in [6.07, 6.45) is -1.84. The molecule has 7 heteroatoms. The van der Waals surface area contributed by atoms with Gasteiger partial charge < -0.3 is 28.4 Å². The molecular formula is C26H36O6Si. The molecule has 0 amide bonds. The summed E-state index contributed by atoms with van der Waals surface area (Å²) in [5.74, 6) is 0. The Hall–Kier alpha value is -1.58. The van der Waals surface area contributed by atoms with Crippen molar-refractivity contribution in [2.45, 2.75) is 69.6 Å². The predicted octanol–water partition coefficient (Wildman–Crippen LogP) is 4.61. The SMILES string of the molecule is C[Si](C)(C)CCO[C@@H]1O[C@@H]2COCO[C@H]2[C@H](OCc2ccccc2)[C@H]1OCc1ccccc1. The molecule has 0 saturated carbocycles. The normalized spacial score (nSPS) is 27.8. The Balaban J connectivity index is 1.52. The van der Waals surface area contributed by atoms with Crippen LogP contribution in [0.15, 0.2) is 60.7 Å². The molecule has 5 atom stereocenters. The molecule has 2 heterocycles. The summed E-state index contributed by atoms with van der Waals surface area (Å²) in [5.41, 5.74) is 2.20. The van der Waals surface area contributed by atoms with Crippen molar-refractivity contribution in [1.82, 2.24) is 0 Å². The van der Waals surface area contributed by atoms with Crippen LogP contribution in [0.2, 0.25) is 25.7 Å². The second-order valence-electron chi connectivity index (χ2n) is 9.87. The van der Waals surface area contributed by atoms with Crippen molar-refractivity contribution in [2.24, 2.45) is 0 Å². The van der Waals surface area contributed by atoms with E-state index in [-0.39, 0.29) is 25.1 Å². The van der Waals surface area contributed by atoms with Gasteiger partial charge in [0.1, 0.15) is 31.2 Å². The molecule has 0 N–H and O–H groups in total. The third-order valence-corrected chi connectivity index (χ3v) is 7.63. The van der Waals surface area contributed by atoms with Crippen LogP contribution in [0, 0.1) is 0 Å². The molecule has 2 aliphatic heterocycles. The van der Waals surface area contributed by atoms with Crippen molar-refractivity contribution in [3.05, 3.63) is 71.8 Å². The van der Waals surface area contributed by atoms with Crippen LogP contribution < -0.4 is 0 Å². The number of hydrogen-bond acceptors (Lipinski definition) is 6. The van der Waals surface area contributed by atoms with Crippen LogP contribution in [0.4, 0.5) is 0 Å². The maximum atomic E-state index is 6.46. The van der Waals surface area contributed by atoms with Crippen molar-refractivity contribution in [3.63, 3.8) is 0 Å². The average Bonchev–Trinajstić information content (AvgIpc) is 2.82. The molecule has 4 rings (SSSR count). The van der Waals surface area contributed by atoms with Gasteiger partial charge in [0.05, 0.1) is 19.8 Å². The fraction of sp³-hybridized carbons (Fsp3) is 0.538. The minimum absolute atomic E-state index is 0.224. The zero-order valence-electron chi connectivity index (χ0n) is 19.9. The Bertz CT molecular complexity index is 828. The zero-order chi connectivity index (χ0) is 23.1. The number of benzene rings is 2. The van der Waals surface area contributed by atoms with E-state index >= 15 is 0 Å². The van der Waals surface area contributed by atoms with Crippen LogP contribution in [0.5, 0.6) is 0 Å². The molecule has 0 radical (unpaired) electrons. The summed E-state index contributed by atoms with van der Waals surface area (Å²) in [4.78, 5) is 0. The number of rotatable bonds is 10. The highest BCUT2D eigenvalue weighted by Gasteiger charge is 2.50. The van der Waals surface area contributed by atoms with Crippen molar-refractivity contribution in [3.8, 4) is 0 Å². The van der Waals surface area contributed by atoms with E-state index in [1.807, 2.05) is 36.4 Å². The summed E-state index contributed by atoms with van der Waals surface area (Å²) < 4.78 is 37.0. The van der Waals surface area contributed by atoms with Gasteiger partial charge in [-0.2, -0.15) is 0 Å². The zero-order valence-corrected chi connectivity index (χ0v) is 20.9. The largest absolute Gasteiger partial charge is 0.368 e. The Morgan fingerprint density at radius 2 is 1.42 bits per heavy atom. The average molecular weight is 473 g/mol. The second kappa shape index (κ2) is 11.7. The molecule has 33 heavy (non-hydrogen) atoms. The molecule has 2 aliphatic rings. The summed E-state index contributed by atoms with van der Waals surface area (Å²) in [6, 6.07) is 21.3. The van der Waals surface area contributed by atoms with E-state index in [2.05, 4.69) is 43.9 Å². The third-order valence-electron chi connectivity index (χ3n) is 5.92. The number of hydrogen-bond donors (Lipinski definition) is 0. The lowest BCUT2D eigenvalue weighted by Crippen LogP contribution is -2.63. The van der Waals surface area contributed by atoms with E-state index in [1.54, 1.807) is 0 Å². The molecule has 0 aliphatic carbocycles. The van der Waals surface area contributed by atoms with Gasteiger partial charge in [0.2, 0.25) is 0 Å². The molecule has 0 spiro atoms. The molecule has 180 valence electrons. The maximum Gasteiger partial charge on any atom is 0.186 e. The van der Waals surface area contributed by atoms with E-state index in [9.17, 15) is 0 Å². The lowest BCUT2D eigenvalue weighted by atomic mass is 9.97. The summed E-state index contributed by atoms with van der Waals surface area (Å²) >= 11 is 0.